The number of carboxylic acid groups (broad SMARTS) is 1. The lowest BCUT2D eigenvalue weighted by Gasteiger charge is -2.39. The van der Waals surface area contributed by atoms with Gasteiger partial charge in [0.15, 0.2) is 0 Å². The summed E-state index contributed by atoms with van der Waals surface area (Å²) in [5.41, 5.74) is 0.973. The molecule has 2 rings (SSSR count). The lowest BCUT2D eigenvalue weighted by molar-refractivity contribution is -0.155. The molecular weight excluding hydrogens is 268 g/mol. The van der Waals surface area contributed by atoms with Crippen molar-refractivity contribution in [2.45, 2.75) is 39.5 Å². The van der Waals surface area contributed by atoms with Gasteiger partial charge in [0, 0.05) is 19.3 Å². The van der Waals surface area contributed by atoms with Crippen LogP contribution in [-0.2, 0) is 16.0 Å². The Balaban J connectivity index is 2.09. The second kappa shape index (κ2) is 6.24. The third-order valence-corrected chi connectivity index (χ3v) is 4.50. The first-order valence-electron chi connectivity index (χ1n) is 7.40. The van der Waals surface area contributed by atoms with Crippen LogP contribution in [0.25, 0.3) is 0 Å². The maximum Gasteiger partial charge on any atom is 0.311 e. The highest BCUT2D eigenvalue weighted by atomic mass is 16.4. The van der Waals surface area contributed by atoms with E-state index in [9.17, 15) is 14.7 Å². The van der Waals surface area contributed by atoms with Crippen LogP contribution in [0.15, 0.2) is 18.3 Å². The maximum absolute atomic E-state index is 12.4. The van der Waals surface area contributed by atoms with Gasteiger partial charge >= 0.3 is 5.97 Å². The summed E-state index contributed by atoms with van der Waals surface area (Å²) in [6.45, 7) is 4.76. The van der Waals surface area contributed by atoms with Crippen molar-refractivity contribution in [2.24, 2.45) is 5.41 Å². The number of hydrogen-bond donors (Lipinski definition) is 1. The third-order valence-electron chi connectivity index (χ3n) is 4.50. The number of hydrogen-bond acceptors (Lipinski definition) is 3. The SMILES string of the molecule is CCC1(C(=O)O)CCCN(C(=O)Cc2ncccc2C)C1. The largest absolute Gasteiger partial charge is 0.481 e. The van der Waals surface area contributed by atoms with Crippen LogP contribution >= 0.6 is 0 Å². The van der Waals surface area contributed by atoms with Gasteiger partial charge in [-0.15, -0.1) is 0 Å². The minimum absolute atomic E-state index is 0.0319. The Morgan fingerprint density at radius 3 is 2.86 bits per heavy atom. The van der Waals surface area contributed by atoms with Crippen LogP contribution in [0.1, 0.15) is 37.4 Å². The predicted octanol–water partition coefficient (Wildman–Crippen LogP) is 2.04. The van der Waals surface area contributed by atoms with E-state index in [1.165, 1.54) is 0 Å². The monoisotopic (exact) mass is 290 g/mol. The second-order valence-corrected chi connectivity index (χ2v) is 5.80. The van der Waals surface area contributed by atoms with Gasteiger partial charge in [0.1, 0.15) is 0 Å². The Bertz CT molecular complexity index is 544. The fraction of sp³-hybridized carbons (Fsp3) is 0.562. The van der Waals surface area contributed by atoms with E-state index < -0.39 is 11.4 Å². The Hall–Kier alpha value is -1.91. The molecule has 0 bridgehead atoms. The molecule has 5 nitrogen and oxygen atoms in total. The molecule has 1 unspecified atom stereocenters. The zero-order chi connectivity index (χ0) is 15.5. The van der Waals surface area contributed by atoms with E-state index in [0.717, 1.165) is 17.7 Å². The molecule has 0 aromatic carbocycles. The highest BCUT2D eigenvalue weighted by Gasteiger charge is 2.42. The molecule has 1 aliphatic heterocycles. The normalized spacial score (nSPS) is 22.1. The van der Waals surface area contributed by atoms with Gasteiger partial charge in [0.2, 0.25) is 5.91 Å². The summed E-state index contributed by atoms with van der Waals surface area (Å²) in [5, 5.41) is 9.47. The number of nitrogens with zero attached hydrogens (tertiary/aromatic N) is 2. The second-order valence-electron chi connectivity index (χ2n) is 5.80. The summed E-state index contributed by atoms with van der Waals surface area (Å²) in [6.07, 6.45) is 3.86. The molecule has 0 saturated carbocycles. The van der Waals surface area contributed by atoms with Crippen molar-refractivity contribution in [1.82, 2.24) is 9.88 Å². The van der Waals surface area contributed by atoms with Gasteiger partial charge in [-0.05, 0) is 37.8 Å². The highest BCUT2D eigenvalue weighted by molar-refractivity contribution is 5.81. The van der Waals surface area contributed by atoms with Crippen molar-refractivity contribution < 1.29 is 14.7 Å². The van der Waals surface area contributed by atoms with Crippen LogP contribution in [0.2, 0.25) is 0 Å². The topological polar surface area (TPSA) is 70.5 Å². The molecule has 1 aromatic rings. The fourth-order valence-electron chi connectivity index (χ4n) is 2.92. The van der Waals surface area contributed by atoms with E-state index in [2.05, 4.69) is 4.98 Å². The first kappa shape index (κ1) is 15.5. The molecule has 1 fully saturated rings. The minimum Gasteiger partial charge on any atom is -0.481 e. The van der Waals surface area contributed by atoms with Crippen molar-refractivity contribution in [3.63, 3.8) is 0 Å². The Morgan fingerprint density at radius 2 is 2.24 bits per heavy atom. The number of aromatic nitrogens is 1. The van der Waals surface area contributed by atoms with Crippen LogP contribution in [-0.4, -0.2) is 40.0 Å². The molecule has 2 heterocycles. The number of carboxylic acids is 1. The number of aryl methyl sites for hydroxylation is 1. The van der Waals surface area contributed by atoms with Gasteiger partial charge in [-0.2, -0.15) is 0 Å². The van der Waals surface area contributed by atoms with Crippen LogP contribution in [0.3, 0.4) is 0 Å². The van der Waals surface area contributed by atoms with Gasteiger partial charge in [-0.1, -0.05) is 13.0 Å². The predicted molar refractivity (Wildman–Crippen MR) is 78.9 cm³/mol. The lowest BCUT2D eigenvalue weighted by Crippen LogP contribution is -2.50. The van der Waals surface area contributed by atoms with Crippen LogP contribution < -0.4 is 0 Å². The summed E-state index contributed by atoms with van der Waals surface area (Å²) in [5.74, 6) is -0.827. The molecule has 1 amide bonds. The molecule has 1 atom stereocenters. The summed E-state index contributed by atoms with van der Waals surface area (Å²) >= 11 is 0. The number of pyridine rings is 1. The number of aliphatic carboxylic acids is 1. The van der Waals surface area contributed by atoms with E-state index in [1.807, 2.05) is 26.0 Å². The first-order chi connectivity index (χ1) is 9.98. The summed E-state index contributed by atoms with van der Waals surface area (Å²) in [4.78, 5) is 29.9. The van der Waals surface area contributed by atoms with Gasteiger partial charge in [0.05, 0.1) is 17.5 Å². The number of rotatable bonds is 4. The number of piperidine rings is 1. The molecule has 1 N–H and O–H groups in total. The summed E-state index contributed by atoms with van der Waals surface area (Å²) in [7, 11) is 0. The van der Waals surface area contributed by atoms with Crippen molar-refractivity contribution in [2.75, 3.05) is 13.1 Å². The Kier molecular flexibility index (Phi) is 4.60. The van der Waals surface area contributed by atoms with Crippen molar-refractivity contribution in [3.8, 4) is 0 Å². The van der Waals surface area contributed by atoms with Crippen LogP contribution in [0.4, 0.5) is 0 Å². The highest BCUT2D eigenvalue weighted by Crippen LogP contribution is 2.33. The number of carbonyl (C=O) groups is 2. The van der Waals surface area contributed by atoms with E-state index in [4.69, 9.17) is 0 Å². The summed E-state index contributed by atoms with van der Waals surface area (Å²) in [6, 6.07) is 3.77. The number of amides is 1. The average Bonchev–Trinajstić information content (AvgIpc) is 2.49. The van der Waals surface area contributed by atoms with E-state index in [-0.39, 0.29) is 12.3 Å². The quantitative estimate of drug-likeness (QED) is 0.921. The summed E-state index contributed by atoms with van der Waals surface area (Å²) < 4.78 is 0. The molecule has 0 aliphatic carbocycles. The third kappa shape index (κ3) is 3.23. The zero-order valence-corrected chi connectivity index (χ0v) is 12.6. The fourth-order valence-corrected chi connectivity index (χ4v) is 2.92. The van der Waals surface area contributed by atoms with Gasteiger partial charge in [-0.3, -0.25) is 14.6 Å². The molecule has 5 heteroatoms. The lowest BCUT2D eigenvalue weighted by atomic mass is 9.77. The molecule has 1 saturated heterocycles. The van der Waals surface area contributed by atoms with E-state index in [1.54, 1.807) is 11.1 Å². The van der Waals surface area contributed by atoms with Gasteiger partial charge in [0.25, 0.3) is 0 Å². The van der Waals surface area contributed by atoms with Crippen molar-refractivity contribution >= 4 is 11.9 Å². The average molecular weight is 290 g/mol. The smallest absolute Gasteiger partial charge is 0.311 e. The molecule has 0 spiro atoms. The molecule has 0 radical (unpaired) electrons. The van der Waals surface area contributed by atoms with Crippen LogP contribution in [0, 0.1) is 12.3 Å². The molecular formula is C16H22N2O3. The van der Waals surface area contributed by atoms with Crippen molar-refractivity contribution in [1.29, 1.82) is 0 Å². The number of carbonyl (C=O) groups excluding carboxylic acids is 1. The first-order valence-corrected chi connectivity index (χ1v) is 7.40. The van der Waals surface area contributed by atoms with E-state index >= 15 is 0 Å². The number of likely N-dealkylation sites (tertiary alicyclic amines) is 1. The van der Waals surface area contributed by atoms with Crippen molar-refractivity contribution in [3.05, 3.63) is 29.6 Å². The Labute approximate surface area is 125 Å². The molecule has 21 heavy (non-hydrogen) atoms. The maximum atomic E-state index is 12.4. The molecule has 1 aliphatic rings. The van der Waals surface area contributed by atoms with Gasteiger partial charge in [-0.25, -0.2) is 0 Å². The van der Waals surface area contributed by atoms with E-state index in [0.29, 0.717) is 25.9 Å². The molecule has 1 aromatic heterocycles. The van der Waals surface area contributed by atoms with Gasteiger partial charge < -0.3 is 10.0 Å². The van der Waals surface area contributed by atoms with Crippen LogP contribution in [0.5, 0.6) is 0 Å². The Morgan fingerprint density at radius 1 is 1.48 bits per heavy atom. The molecule has 114 valence electrons. The standard InChI is InChI=1S/C16H22N2O3/c1-3-16(15(20)21)7-5-9-18(11-16)14(19)10-13-12(2)6-4-8-17-13/h4,6,8H,3,5,7,9-11H2,1-2H3,(H,20,21). The minimum atomic E-state index is -0.795. The zero-order valence-electron chi connectivity index (χ0n) is 12.6.